The van der Waals surface area contributed by atoms with Gasteiger partial charge in [0.1, 0.15) is 9.84 Å². The highest BCUT2D eigenvalue weighted by atomic mass is 32.2. The Hall–Kier alpha value is -0.910. The van der Waals surface area contributed by atoms with Crippen LogP contribution in [0.2, 0.25) is 0 Å². The molecule has 1 aliphatic heterocycles. The summed E-state index contributed by atoms with van der Waals surface area (Å²) in [5, 5.41) is 3.51. The van der Waals surface area contributed by atoms with Crippen LogP contribution in [0.1, 0.15) is 11.1 Å². The van der Waals surface area contributed by atoms with Crippen LogP contribution in [0, 0.1) is 0 Å². The summed E-state index contributed by atoms with van der Waals surface area (Å²) in [6, 6.07) is 8.89. The quantitative estimate of drug-likeness (QED) is 0.863. The molecule has 5 heteroatoms. The maximum absolute atomic E-state index is 11.1. The van der Waals surface area contributed by atoms with E-state index in [9.17, 15) is 8.42 Å². The van der Waals surface area contributed by atoms with Crippen LogP contribution in [0.4, 0.5) is 0 Å². The van der Waals surface area contributed by atoms with Crippen LogP contribution < -0.4 is 5.32 Å². The predicted molar refractivity (Wildman–Crippen MR) is 78.0 cm³/mol. The van der Waals surface area contributed by atoms with Gasteiger partial charge in [-0.05, 0) is 24.6 Å². The van der Waals surface area contributed by atoms with Crippen LogP contribution in [-0.2, 0) is 22.8 Å². The Labute approximate surface area is 115 Å². The molecular weight excluding hydrogens is 260 g/mol. The Morgan fingerprint density at radius 3 is 2.68 bits per heavy atom. The summed E-state index contributed by atoms with van der Waals surface area (Å²) in [5.41, 5.74) is 2.78. The van der Waals surface area contributed by atoms with Gasteiger partial charge < -0.3 is 10.2 Å². The first-order valence-corrected chi connectivity index (χ1v) is 8.66. The first kappa shape index (κ1) is 14.5. The number of hydrogen-bond donors (Lipinski definition) is 1. The molecule has 1 aliphatic rings. The number of sulfone groups is 1. The Morgan fingerprint density at radius 1 is 1.32 bits per heavy atom. The van der Waals surface area contributed by atoms with E-state index in [1.807, 2.05) is 7.05 Å². The lowest BCUT2D eigenvalue weighted by Gasteiger charge is -2.29. The van der Waals surface area contributed by atoms with Crippen molar-refractivity contribution in [3.63, 3.8) is 0 Å². The average molecular weight is 282 g/mol. The van der Waals surface area contributed by atoms with Crippen LogP contribution in [0.5, 0.6) is 0 Å². The molecule has 2 rings (SSSR count). The van der Waals surface area contributed by atoms with Gasteiger partial charge in [0.15, 0.2) is 0 Å². The molecule has 0 spiro atoms. The summed E-state index contributed by atoms with van der Waals surface area (Å²) < 4.78 is 22.3. The van der Waals surface area contributed by atoms with E-state index in [1.54, 1.807) is 0 Å². The van der Waals surface area contributed by atoms with Gasteiger partial charge >= 0.3 is 0 Å². The lowest BCUT2D eigenvalue weighted by atomic mass is 9.96. The molecule has 106 valence electrons. The van der Waals surface area contributed by atoms with Crippen molar-refractivity contribution in [2.75, 3.05) is 32.1 Å². The topological polar surface area (TPSA) is 49.4 Å². The molecule has 1 aromatic carbocycles. The third-order valence-corrected chi connectivity index (χ3v) is 4.47. The standard InChI is InChI=1S/C14H22N2O2S/c1-16(7-8-19(2,17)18)11-14-9-12-5-3-4-6-13(12)10-15-14/h3-6,14-15H,7-11H2,1-2H3. The Morgan fingerprint density at radius 2 is 2.00 bits per heavy atom. The van der Waals surface area contributed by atoms with Crippen LogP contribution in [0.3, 0.4) is 0 Å². The first-order valence-electron chi connectivity index (χ1n) is 6.60. The zero-order valence-electron chi connectivity index (χ0n) is 11.6. The van der Waals surface area contributed by atoms with E-state index >= 15 is 0 Å². The Kier molecular flexibility index (Phi) is 4.60. The Balaban J connectivity index is 1.85. The summed E-state index contributed by atoms with van der Waals surface area (Å²) in [5.74, 6) is 0.229. The molecule has 0 radical (unpaired) electrons. The van der Waals surface area contributed by atoms with E-state index in [4.69, 9.17) is 0 Å². The van der Waals surface area contributed by atoms with E-state index in [-0.39, 0.29) is 5.75 Å². The van der Waals surface area contributed by atoms with Crippen molar-refractivity contribution in [1.29, 1.82) is 0 Å². The van der Waals surface area contributed by atoms with Crippen molar-refractivity contribution in [3.05, 3.63) is 35.4 Å². The van der Waals surface area contributed by atoms with Crippen LogP contribution in [-0.4, -0.2) is 51.5 Å². The van der Waals surface area contributed by atoms with Gasteiger partial charge in [-0.1, -0.05) is 24.3 Å². The number of rotatable bonds is 5. The van der Waals surface area contributed by atoms with Gasteiger partial charge in [0.05, 0.1) is 5.75 Å². The largest absolute Gasteiger partial charge is 0.308 e. The SMILES string of the molecule is CN(CCS(C)(=O)=O)CC1Cc2ccccc2CN1. The van der Waals surface area contributed by atoms with Crippen molar-refractivity contribution in [3.8, 4) is 0 Å². The molecule has 19 heavy (non-hydrogen) atoms. The molecule has 1 unspecified atom stereocenters. The summed E-state index contributed by atoms with van der Waals surface area (Å²) in [4.78, 5) is 2.09. The number of fused-ring (bicyclic) bond motifs is 1. The zero-order chi connectivity index (χ0) is 13.9. The zero-order valence-corrected chi connectivity index (χ0v) is 12.4. The third-order valence-electron chi connectivity index (χ3n) is 3.54. The van der Waals surface area contributed by atoms with Gasteiger partial charge in [0.2, 0.25) is 0 Å². The first-order chi connectivity index (χ1) is 8.94. The summed E-state index contributed by atoms with van der Waals surface area (Å²) in [7, 11) is -0.891. The van der Waals surface area contributed by atoms with Gasteiger partial charge in [-0.3, -0.25) is 0 Å². The van der Waals surface area contributed by atoms with E-state index in [0.717, 1.165) is 19.5 Å². The fraction of sp³-hybridized carbons (Fsp3) is 0.571. The van der Waals surface area contributed by atoms with Crippen LogP contribution in [0.25, 0.3) is 0 Å². The predicted octanol–water partition coefficient (Wildman–Crippen LogP) is 0.677. The second-order valence-electron chi connectivity index (χ2n) is 5.44. The smallest absolute Gasteiger partial charge is 0.148 e. The maximum Gasteiger partial charge on any atom is 0.148 e. The molecule has 1 N–H and O–H groups in total. The van der Waals surface area contributed by atoms with E-state index in [0.29, 0.717) is 12.6 Å². The van der Waals surface area contributed by atoms with Crippen molar-refractivity contribution in [2.45, 2.75) is 19.0 Å². The van der Waals surface area contributed by atoms with Crippen molar-refractivity contribution in [2.24, 2.45) is 0 Å². The fourth-order valence-electron chi connectivity index (χ4n) is 2.44. The van der Waals surface area contributed by atoms with Gasteiger partial charge in [-0.25, -0.2) is 8.42 Å². The molecule has 0 aromatic heterocycles. The number of likely N-dealkylation sites (N-methyl/N-ethyl adjacent to an activating group) is 1. The third kappa shape index (κ3) is 4.60. The lowest BCUT2D eigenvalue weighted by Crippen LogP contribution is -2.44. The van der Waals surface area contributed by atoms with Gasteiger partial charge in [-0.15, -0.1) is 0 Å². The van der Waals surface area contributed by atoms with E-state index in [2.05, 4.69) is 34.5 Å². The highest BCUT2D eigenvalue weighted by Crippen LogP contribution is 2.16. The van der Waals surface area contributed by atoms with E-state index < -0.39 is 9.84 Å². The van der Waals surface area contributed by atoms with Gasteiger partial charge in [0.25, 0.3) is 0 Å². The Bertz CT molecular complexity index is 528. The number of benzene rings is 1. The molecule has 1 atom stereocenters. The molecule has 4 nitrogen and oxygen atoms in total. The van der Waals surface area contributed by atoms with Crippen molar-refractivity contribution >= 4 is 9.84 Å². The highest BCUT2D eigenvalue weighted by Gasteiger charge is 2.19. The molecule has 0 saturated heterocycles. The minimum absolute atomic E-state index is 0.229. The second-order valence-corrected chi connectivity index (χ2v) is 7.70. The maximum atomic E-state index is 11.1. The van der Waals surface area contributed by atoms with E-state index in [1.165, 1.54) is 17.4 Å². The molecule has 0 bridgehead atoms. The number of nitrogens with one attached hydrogen (secondary N) is 1. The molecule has 1 heterocycles. The summed E-state index contributed by atoms with van der Waals surface area (Å²) in [6.45, 7) is 2.38. The van der Waals surface area contributed by atoms with Crippen molar-refractivity contribution < 1.29 is 8.42 Å². The van der Waals surface area contributed by atoms with Gasteiger partial charge in [0, 0.05) is 31.9 Å². The lowest BCUT2D eigenvalue weighted by molar-refractivity contribution is 0.293. The molecule has 1 aromatic rings. The molecule has 0 saturated carbocycles. The second kappa shape index (κ2) is 6.03. The van der Waals surface area contributed by atoms with Crippen LogP contribution >= 0.6 is 0 Å². The minimum atomic E-state index is -2.87. The normalized spacial score (nSPS) is 19.4. The summed E-state index contributed by atoms with van der Waals surface area (Å²) >= 11 is 0. The number of nitrogens with zero attached hydrogens (tertiary/aromatic N) is 1. The summed E-state index contributed by atoms with van der Waals surface area (Å²) in [6.07, 6.45) is 2.30. The van der Waals surface area contributed by atoms with Crippen molar-refractivity contribution in [1.82, 2.24) is 10.2 Å². The molecular formula is C14H22N2O2S. The molecule has 0 amide bonds. The fourth-order valence-corrected chi connectivity index (χ4v) is 3.08. The highest BCUT2D eigenvalue weighted by molar-refractivity contribution is 7.90. The average Bonchev–Trinajstić information content (AvgIpc) is 2.35. The molecule has 0 fully saturated rings. The minimum Gasteiger partial charge on any atom is -0.308 e. The van der Waals surface area contributed by atoms with Crippen LogP contribution in [0.15, 0.2) is 24.3 Å². The molecule has 0 aliphatic carbocycles. The number of hydrogen-bond acceptors (Lipinski definition) is 4. The van der Waals surface area contributed by atoms with Gasteiger partial charge in [-0.2, -0.15) is 0 Å². The monoisotopic (exact) mass is 282 g/mol.